The van der Waals surface area contributed by atoms with Crippen molar-refractivity contribution >= 4 is 24.2 Å². The number of aliphatic hydroxyl groups excluding tert-OH is 2. The first-order valence-corrected chi connectivity index (χ1v) is 7.24. The van der Waals surface area contributed by atoms with Crippen LogP contribution in [0.3, 0.4) is 0 Å². The van der Waals surface area contributed by atoms with E-state index in [1.807, 2.05) is 0 Å². The van der Waals surface area contributed by atoms with Crippen molar-refractivity contribution in [3.05, 3.63) is 0 Å². The number of carbonyl (C=O) groups excluding carboxylic acids is 1. The Hall–Kier alpha value is -0.850. The predicted molar refractivity (Wildman–Crippen MR) is 82.8 cm³/mol. The lowest BCUT2D eigenvalue weighted by atomic mass is 9.89. The van der Waals surface area contributed by atoms with Gasteiger partial charge in [-0.1, -0.05) is 6.42 Å². The molecule has 4 N–H and O–H groups in total. The SMILES string of the molecule is COC(=O)CC(CC(O)CO)CC1CCCCC(=N)N1.Cl. The molecule has 0 aromatic rings. The van der Waals surface area contributed by atoms with Crippen LogP contribution < -0.4 is 5.32 Å². The monoisotopic (exact) mass is 322 g/mol. The predicted octanol–water partition coefficient (Wildman–Crippen LogP) is 1.23. The Morgan fingerprint density at radius 3 is 2.86 bits per heavy atom. The van der Waals surface area contributed by atoms with E-state index in [4.69, 9.17) is 10.5 Å². The molecule has 1 fully saturated rings. The van der Waals surface area contributed by atoms with E-state index in [0.29, 0.717) is 18.7 Å². The molecule has 0 spiro atoms. The van der Waals surface area contributed by atoms with Crippen LogP contribution in [0.5, 0.6) is 0 Å². The molecule has 0 aromatic heterocycles. The van der Waals surface area contributed by atoms with E-state index in [9.17, 15) is 9.90 Å². The van der Waals surface area contributed by atoms with Gasteiger partial charge in [0, 0.05) is 18.9 Å². The van der Waals surface area contributed by atoms with Gasteiger partial charge in [0.25, 0.3) is 0 Å². The maximum Gasteiger partial charge on any atom is 0.305 e. The molecular weight excluding hydrogens is 296 g/mol. The standard InChI is InChI=1S/C14H26N2O4.ClH/c1-20-14(19)8-10(7-12(18)9-17)6-11-4-2-3-5-13(15)16-11;/h10-12,17-18H,2-9H2,1H3,(H2,15,16);1H. The zero-order chi connectivity index (χ0) is 15.0. The molecule has 3 atom stereocenters. The molecule has 1 saturated heterocycles. The van der Waals surface area contributed by atoms with Crippen molar-refractivity contribution in [2.75, 3.05) is 13.7 Å². The lowest BCUT2D eigenvalue weighted by Crippen LogP contribution is -2.35. The van der Waals surface area contributed by atoms with Gasteiger partial charge in [-0.3, -0.25) is 10.2 Å². The molecule has 1 heterocycles. The van der Waals surface area contributed by atoms with Crippen molar-refractivity contribution < 1.29 is 19.7 Å². The van der Waals surface area contributed by atoms with Crippen LogP contribution in [0.2, 0.25) is 0 Å². The number of amidine groups is 1. The summed E-state index contributed by atoms with van der Waals surface area (Å²) in [5.41, 5.74) is 0. The number of ether oxygens (including phenoxy) is 1. The summed E-state index contributed by atoms with van der Waals surface area (Å²) in [5.74, 6) is 0.198. The van der Waals surface area contributed by atoms with E-state index in [1.165, 1.54) is 7.11 Å². The van der Waals surface area contributed by atoms with Gasteiger partial charge in [0.2, 0.25) is 0 Å². The van der Waals surface area contributed by atoms with Crippen molar-refractivity contribution in [1.29, 1.82) is 5.41 Å². The Labute approximate surface area is 132 Å². The number of esters is 1. The zero-order valence-corrected chi connectivity index (χ0v) is 13.3. The van der Waals surface area contributed by atoms with E-state index in [0.717, 1.165) is 25.7 Å². The molecule has 1 aliphatic rings. The lowest BCUT2D eigenvalue weighted by molar-refractivity contribution is -0.142. The molecule has 1 rings (SSSR count). The van der Waals surface area contributed by atoms with Crippen molar-refractivity contribution in [3.8, 4) is 0 Å². The second kappa shape index (κ2) is 10.8. The van der Waals surface area contributed by atoms with Crippen LogP contribution in [-0.4, -0.2) is 47.9 Å². The first kappa shape index (κ1) is 20.1. The zero-order valence-electron chi connectivity index (χ0n) is 12.5. The number of rotatable bonds is 7. The molecule has 6 nitrogen and oxygen atoms in total. The summed E-state index contributed by atoms with van der Waals surface area (Å²) in [4.78, 5) is 11.4. The summed E-state index contributed by atoms with van der Waals surface area (Å²) in [6, 6.07) is 0.158. The maximum absolute atomic E-state index is 11.4. The molecule has 7 heteroatoms. The molecule has 0 amide bonds. The van der Waals surface area contributed by atoms with Crippen molar-refractivity contribution in [2.45, 2.75) is 57.1 Å². The minimum Gasteiger partial charge on any atom is -0.469 e. The summed E-state index contributed by atoms with van der Waals surface area (Å²) < 4.78 is 4.69. The smallest absolute Gasteiger partial charge is 0.305 e. The van der Waals surface area contributed by atoms with Gasteiger partial charge in [-0.05, 0) is 31.6 Å². The van der Waals surface area contributed by atoms with E-state index in [2.05, 4.69) is 10.1 Å². The molecule has 0 aliphatic carbocycles. The fraction of sp³-hybridized carbons (Fsp3) is 0.857. The third kappa shape index (κ3) is 8.24. The molecule has 21 heavy (non-hydrogen) atoms. The number of nitrogens with one attached hydrogen (secondary N) is 2. The Morgan fingerprint density at radius 1 is 1.52 bits per heavy atom. The summed E-state index contributed by atoms with van der Waals surface area (Å²) in [5, 5.41) is 29.5. The second-order valence-corrected chi connectivity index (χ2v) is 5.52. The molecule has 0 radical (unpaired) electrons. The second-order valence-electron chi connectivity index (χ2n) is 5.52. The molecular formula is C14H27ClN2O4. The molecule has 0 bridgehead atoms. The van der Waals surface area contributed by atoms with Crippen molar-refractivity contribution in [2.24, 2.45) is 5.92 Å². The summed E-state index contributed by atoms with van der Waals surface area (Å²) >= 11 is 0. The minimum atomic E-state index is -0.810. The maximum atomic E-state index is 11.4. The highest BCUT2D eigenvalue weighted by molar-refractivity contribution is 5.85. The normalized spacial score (nSPS) is 21.5. The highest BCUT2D eigenvalue weighted by Crippen LogP contribution is 2.22. The number of hydrogen-bond donors (Lipinski definition) is 4. The molecule has 0 saturated carbocycles. The van der Waals surface area contributed by atoms with Gasteiger partial charge in [-0.15, -0.1) is 12.4 Å². The number of hydrogen-bond acceptors (Lipinski definition) is 5. The Morgan fingerprint density at radius 2 is 2.24 bits per heavy atom. The first-order valence-electron chi connectivity index (χ1n) is 7.24. The molecule has 3 unspecified atom stereocenters. The summed E-state index contributed by atoms with van der Waals surface area (Å²) in [7, 11) is 1.35. The highest BCUT2D eigenvalue weighted by atomic mass is 35.5. The molecule has 124 valence electrons. The average molecular weight is 323 g/mol. The van der Waals surface area contributed by atoms with Crippen LogP contribution >= 0.6 is 12.4 Å². The van der Waals surface area contributed by atoms with Crippen LogP contribution in [0.25, 0.3) is 0 Å². The van der Waals surface area contributed by atoms with E-state index >= 15 is 0 Å². The van der Waals surface area contributed by atoms with Gasteiger partial charge >= 0.3 is 5.97 Å². The van der Waals surface area contributed by atoms with Gasteiger partial charge in [-0.25, -0.2) is 0 Å². The largest absolute Gasteiger partial charge is 0.469 e. The fourth-order valence-electron chi connectivity index (χ4n) is 2.70. The average Bonchev–Trinajstić information content (AvgIpc) is 2.62. The topological polar surface area (TPSA) is 103 Å². The summed E-state index contributed by atoms with van der Waals surface area (Å²) in [6.07, 6.45) is 4.32. The van der Waals surface area contributed by atoms with Crippen LogP contribution in [0.1, 0.15) is 44.9 Å². The van der Waals surface area contributed by atoms with E-state index < -0.39 is 6.10 Å². The molecule has 0 aromatic carbocycles. The van der Waals surface area contributed by atoms with Gasteiger partial charge < -0.3 is 20.3 Å². The minimum absolute atomic E-state index is 0. The van der Waals surface area contributed by atoms with Crippen LogP contribution in [0.4, 0.5) is 0 Å². The van der Waals surface area contributed by atoms with Gasteiger partial charge in [-0.2, -0.15) is 0 Å². The van der Waals surface area contributed by atoms with Crippen molar-refractivity contribution in [3.63, 3.8) is 0 Å². The number of carbonyl (C=O) groups is 1. The van der Waals surface area contributed by atoms with E-state index in [1.54, 1.807) is 0 Å². The van der Waals surface area contributed by atoms with Gasteiger partial charge in [0.15, 0.2) is 0 Å². The number of halogens is 1. The Bertz CT molecular complexity index is 328. The quantitative estimate of drug-likeness (QED) is 0.528. The first-order chi connectivity index (χ1) is 9.55. The third-order valence-electron chi connectivity index (χ3n) is 3.72. The lowest BCUT2D eigenvalue weighted by Gasteiger charge is -2.24. The highest BCUT2D eigenvalue weighted by Gasteiger charge is 2.23. The number of methoxy groups -OCH3 is 1. The Kier molecular flexibility index (Phi) is 10.4. The van der Waals surface area contributed by atoms with Crippen LogP contribution in [-0.2, 0) is 9.53 Å². The van der Waals surface area contributed by atoms with Crippen LogP contribution in [0.15, 0.2) is 0 Å². The third-order valence-corrected chi connectivity index (χ3v) is 3.72. The fourth-order valence-corrected chi connectivity index (χ4v) is 2.70. The van der Waals surface area contributed by atoms with Crippen molar-refractivity contribution in [1.82, 2.24) is 5.32 Å². The molecule has 1 aliphatic heterocycles. The van der Waals surface area contributed by atoms with Gasteiger partial charge in [0.1, 0.15) is 0 Å². The van der Waals surface area contributed by atoms with Gasteiger partial charge in [0.05, 0.1) is 25.7 Å². The Balaban J connectivity index is 0.00000400. The summed E-state index contributed by atoms with van der Waals surface area (Å²) in [6.45, 7) is -0.300. The van der Waals surface area contributed by atoms with Crippen LogP contribution in [0, 0.1) is 11.3 Å². The number of aliphatic hydroxyl groups is 2. The van der Waals surface area contributed by atoms with E-state index in [-0.39, 0.29) is 43.4 Å².